The van der Waals surface area contributed by atoms with Crippen molar-refractivity contribution in [2.75, 3.05) is 24.5 Å². The highest BCUT2D eigenvalue weighted by Crippen LogP contribution is 2.29. The van der Waals surface area contributed by atoms with Crippen LogP contribution in [0.1, 0.15) is 23.5 Å². The molecule has 0 atom stereocenters. The number of benzene rings is 2. The number of carbonyl (C=O) groups is 2. The fourth-order valence-corrected chi connectivity index (χ4v) is 3.64. The molecule has 2 amide bonds. The Morgan fingerprint density at radius 3 is 2.03 bits per heavy atom. The van der Waals surface area contributed by atoms with Crippen LogP contribution in [0, 0.1) is 5.82 Å². The summed E-state index contributed by atoms with van der Waals surface area (Å²) in [6, 6.07) is 19.8. The molecule has 1 aliphatic heterocycles. The molecule has 0 bridgehead atoms. The summed E-state index contributed by atoms with van der Waals surface area (Å²) in [7, 11) is 0. The van der Waals surface area contributed by atoms with Crippen molar-refractivity contribution in [1.29, 1.82) is 0 Å². The molecule has 0 unspecified atom stereocenters. The van der Waals surface area contributed by atoms with Gasteiger partial charge in [-0.1, -0.05) is 60.7 Å². The van der Waals surface area contributed by atoms with Gasteiger partial charge in [0.2, 0.25) is 17.8 Å². The minimum atomic E-state index is -0.562. The van der Waals surface area contributed by atoms with Crippen LogP contribution in [0.4, 0.5) is 10.3 Å². The van der Waals surface area contributed by atoms with Gasteiger partial charge < -0.3 is 4.90 Å². The number of hydrogen-bond donors (Lipinski definition) is 0. The van der Waals surface area contributed by atoms with E-state index in [2.05, 4.69) is 9.97 Å². The standard InChI is InChI=1S/C23H21FN4O2/c24-19-14-25-23(26-15-19)28-12-11-27(16-22(28)30)21(29)13-20(17-7-3-1-4-8-17)18-9-5-2-6-10-18/h1-10,14-15,20H,11-13,16H2. The molecule has 30 heavy (non-hydrogen) atoms. The summed E-state index contributed by atoms with van der Waals surface area (Å²) in [6.45, 7) is 0.606. The van der Waals surface area contributed by atoms with Gasteiger partial charge in [0.25, 0.3) is 0 Å². The first-order chi connectivity index (χ1) is 14.6. The molecular formula is C23H21FN4O2. The lowest BCUT2D eigenvalue weighted by Gasteiger charge is -2.33. The maximum Gasteiger partial charge on any atom is 0.249 e. The second-order valence-electron chi connectivity index (χ2n) is 7.14. The molecule has 1 saturated heterocycles. The van der Waals surface area contributed by atoms with Crippen molar-refractivity contribution in [2.45, 2.75) is 12.3 Å². The predicted molar refractivity (Wildman–Crippen MR) is 110 cm³/mol. The lowest BCUT2D eigenvalue weighted by atomic mass is 9.88. The van der Waals surface area contributed by atoms with E-state index in [1.165, 1.54) is 4.90 Å². The molecule has 6 nitrogen and oxygen atoms in total. The van der Waals surface area contributed by atoms with Crippen LogP contribution in [-0.2, 0) is 9.59 Å². The van der Waals surface area contributed by atoms with Gasteiger partial charge >= 0.3 is 0 Å². The number of carbonyl (C=O) groups excluding carboxylic acids is 2. The number of aromatic nitrogens is 2. The first-order valence-corrected chi connectivity index (χ1v) is 9.77. The van der Waals surface area contributed by atoms with E-state index in [1.807, 2.05) is 60.7 Å². The molecule has 1 aromatic heterocycles. The van der Waals surface area contributed by atoms with Crippen molar-refractivity contribution in [3.63, 3.8) is 0 Å². The Kier molecular flexibility index (Phi) is 5.79. The summed E-state index contributed by atoms with van der Waals surface area (Å²) < 4.78 is 13.0. The molecular weight excluding hydrogens is 383 g/mol. The molecule has 2 aromatic carbocycles. The lowest BCUT2D eigenvalue weighted by molar-refractivity contribution is -0.137. The Morgan fingerprint density at radius 2 is 1.50 bits per heavy atom. The minimum absolute atomic E-state index is 0.0458. The maximum absolute atomic E-state index is 13.1. The fraction of sp³-hybridized carbons (Fsp3) is 0.217. The van der Waals surface area contributed by atoms with Gasteiger partial charge in [-0.25, -0.2) is 14.4 Å². The van der Waals surface area contributed by atoms with Crippen LogP contribution in [0.25, 0.3) is 0 Å². The van der Waals surface area contributed by atoms with Crippen LogP contribution >= 0.6 is 0 Å². The molecule has 152 valence electrons. The Bertz CT molecular complexity index is 973. The predicted octanol–water partition coefficient (Wildman–Crippen LogP) is 3.01. The SMILES string of the molecule is O=C(CC(c1ccccc1)c1ccccc1)N1CCN(c2ncc(F)cn2)C(=O)C1. The van der Waals surface area contributed by atoms with E-state index in [0.29, 0.717) is 6.54 Å². The molecule has 1 fully saturated rings. The van der Waals surface area contributed by atoms with E-state index in [9.17, 15) is 14.0 Å². The molecule has 0 saturated carbocycles. The molecule has 0 N–H and O–H groups in total. The summed E-state index contributed by atoms with van der Waals surface area (Å²) in [5, 5.41) is 0. The summed E-state index contributed by atoms with van der Waals surface area (Å²) in [6.07, 6.45) is 2.32. The number of halogens is 1. The fourth-order valence-electron chi connectivity index (χ4n) is 3.64. The van der Waals surface area contributed by atoms with Crippen molar-refractivity contribution < 1.29 is 14.0 Å². The number of hydrogen-bond acceptors (Lipinski definition) is 4. The van der Waals surface area contributed by atoms with E-state index in [0.717, 1.165) is 23.5 Å². The second-order valence-corrected chi connectivity index (χ2v) is 7.14. The quantitative estimate of drug-likeness (QED) is 0.656. The van der Waals surface area contributed by atoms with Crippen molar-refractivity contribution in [3.05, 3.63) is 90.0 Å². The number of amides is 2. The molecule has 4 rings (SSSR count). The Labute approximate surface area is 174 Å². The molecule has 0 aliphatic carbocycles. The summed E-state index contributed by atoms with van der Waals surface area (Å²) >= 11 is 0. The maximum atomic E-state index is 13.1. The monoisotopic (exact) mass is 404 g/mol. The number of rotatable bonds is 5. The zero-order chi connectivity index (χ0) is 20.9. The van der Waals surface area contributed by atoms with Crippen LogP contribution in [0.3, 0.4) is 0 Å². The summed E-state index contributed by atoms with van der Waals surface area (Å²) in [5.74, 6) is -0.862. The minimum Gasteiger partial charge on any atom is -0.332 e. The number of nitrogens with zero attached hydrogens (tertiary/aromatic N) is 4. The normalized spacial score (nSPS) is 14.3. The first kappa shape index (κ1) is 19.7. The molecule has 2 heterocycles. The van der Waals surface area contributed by atoms with Crippen molar-refractivity contribution in [1.82, 2.24) is 14.9 Å². The molecule has 3 aromatic rings. The van der Waals surface area contributed by atoms with E-state index < -0.39 is 5.82 Å². The van der Waals surface area contributed by atoms with Gasteiger partial charge in [0, 0.05) is 25.4 Å². The van der Waals surface area contributed by atoms with E-state index >= 15 is 0 Å². The summed E-state index contributed by atoms with van der Waals surface area (Å²) in [4.78, 5) is 36.3. The van der Waals surface area contributed by atoms with Gasteiger partial charge in [-0.2, -0.15) is 0 Å². The number of piperazine rings is 1. The van der Waals surface area contributed by atoms with Crippen LogP contribution in [0.2, 0.25) is 0 Å². The van der Waals surface area contributed by atoms with Gasteiger partial charge in [-0.3, -0.25) is 14.5 Å². The van der Waals surface area contributed by atoms with Gasteiger partial charge in [-0.05, 0) is 11.1 Å². The second kappa shape index (κ2) is 8.82. The Balaban J connectivity index is 1.47. The highest BCUT2D eigenvalue weighted by atomic mass is 19.1. The molecule has 0 spiro atoms. The average molecular weight is 404 g/mol. The zero-order valence-corrected chi connectivity index (χ0v) is 16.3. The largest absolute Gasteiger partial charge is 0.332 e. The Morgan fingerprint density at radius 1 is 0.933 bits per heavy atom. The first-order valence-electron chi connectivity index (χ1n) is 9.77. The highest BCUT2D eigenvalue weighted by Gasteiger charge is 2.31. The topological polar surface area (TPSA) is 66.4 Å². The van der Waals surface area contributed by atoms with Crippen molar-refractivity contribution >= 4 is 17.8 Å². The number of anilines is 1. The van der Waals surface area contributed by atoms with Gasteiger partial charge in [0.15, 0.2) is 5.82 Å². The van der Waals surface area contributed by atoms with E-state index in [-0.39, 0.29) is 43.2 Å². The van der Waals surface area contributed by atoms with Crippen molar-refractivity contribution in [2.24, 2.45) is 0 Å². The zero-order valence-electron chi connectivity index (χ0n) is 16.3. The third kappa shape index (κ3) is 4.35. The van der Waals surface area contributed by atoms with Crippen molar-refractivity contribution in [3.8, 4) is 0 Å². The lowest BCUT2D eigenvalue weighted by Crippen LogP contribution is -2.53. The highest BCUT2D eigenvalue weighted by molar-refractivity contribution is 5.96. The van der Waals surface area contributed by atoms with Crippen LogP contribution < -0.4 is 4.90 Å². The smallest absolute Gasteiger partial charge is 0.249 e. The van der Waals surface area contributed by atoms with Crippen LogP contribution in [-0.4, -0.2) is 46.3 Å². The van der Waals surface area contributed by atoms with Crippen LogP contribution in [0.5, 0.6) is 0 Å². The van der Waals surface area contributed by atoms with E-state index in [4.69, 9.17) is 0 Å². The van der Waals surface area contributed by atoms with Gasteiger partial charge in [0.1, 0.15) is 6.54 Å². The average Bonchev–Trinajstić information content (AvgIpc) is 2.79. The van der Waals surface area contributed by atoms with E-state index in [1.54, 1.807) is 4.90 Å². The third-order valence-corrected chi connectivity index (χ3v) is 5.20. The van der Waals surface area contributed by atoms with Gasteiger partial charge in [0.05, 0.1) is 12.4 Å². The third-order valence-electron chi connectivity index (χ3n) is 5.20. The Hall–Kier alpha value is -3.61. The van der Waals surface area contributed by atoms with Crippen LogP contribution in [0.15, 0.2) is 73.1 Å². The summed E-state index contributed by atoms with van der Waals surface area (Å²) in [5.41, 5.74) is 2.11. The molecule has 1 aliphatic rings. The molecule has 7 heteroatoms. The molecule has 0 radical (unpaired) electrons. The van der Waals surface area contributed by atoms with Gasteiger partial charge in [-0.15, -0.1) is 0 Å².